The summed E-state index contributed by atoms with van der Waals surface area (Å²) in [5.41, 5.74) is 3.91. The number of anilines is 1. The fraction of sp³-hybridized carbons (Fsp3) is 0.231. The molecule has 6 nitrogen and oxygen atoms in total. The number of benzene rings is 2. The molecule has 1 N–H and O–H groups in total. The van der Waals surface area contributed by atoms with Gasteiger partial charge in [0.1, 0.15) is 12.4 Å². The first-order valence-electron chi connectivity index (χ1n) is 10.7. The third-order valence-corrected chi connectivity index (χ3v) is 5.14. The van der Waals surface area contributed by atoms with Crippen LogP contribution in [0, 0.1) is 0 Å². The first-order chi connectivity index (χ1) is 15.7. The molecule has 6 heteroatoms. The molecule has 2 heterocycles. The first-order valence-corrected chi connectivity index (χ1v) is 10.7. The zero-order valence-electron chi connectivity index (χ0n) is 17.9. The molecule has 164 valence electrons. The maximum absolute atomic E-state index is 12.4. The molecule has 1 aromatic heterocycles. The minimum absolute atomic E-state index is 0.162. The van der Waals surface area contributed by atoms with Crippen molar-refractivity contribution in [3.05, 3.63) is 95.8 Å². The van der Waals surface area contributed by atoms with Gasteiger partial charge < -0.3 is 14.8 Å². The number of nitrogens with one attached hydrogen (secondary N) is 1. The van der Waals surface area contributed by atoms with Crippen LogP contribution in [0.25, 0.3) is 6.08 Å². The zero-order valence-corrected chi connectivity index (χ0v) is 17.9. The van der Waals surface area contributed by atoms with Crippen LogP contribution in [-0.2, 0) is 22.7 Å². The van der Waals surface area contributed by atoms with Crippen LogP contribution in [-0.4, -0.2) is 42.1 Å². The second-order valence-electron chi connectivity index (χ2n) is 7.63. The molecule has 0 spiro atoms. The molecule has 1 saturated heterocycles. The Morgan fingerprint density at radius 2 is 1.88 bits per heavy atom. The van der Waals surface area contributed by atoms with Crippen molar-refractivity contribution in [2.24, 2.45) is 0 Å². The van der Waals surface area contributed by atoms with Crippen molar-refractivity contribution in [2.45, 2.75) is 13.2 Å². The molecule has 3 aromatic rings. The lowest BCUT2D eigenvalue weighted by Crippen LogP contribution is -2.35. The number of aromatic nitrogens is 1. The van der Waals surface area contributed by atoms with E-state index in [9.17, 15) is 4.79 Å². The Balaban J connectivity index is 1.27. The molecule has 32 heavy (non-hydrogen) atoms. The molecule has 0 unspecified atom stereocenters. The Kier molecular flexibility index (Phi) is 7.63. The number of ether oxygens (including phenoxy) is 2. The second kappa shape index (κ2) is 11.2. The highest BCUT2D eigenvalue weighted by molar-refractivity contribution is 6.01. The van der Waals surface area contributed by atoms with Crippen LogP contribution in [0.5, 0.6) is 5.75 Å². The van der Waals surface area contributed by atoms with Gasteiger partial charge in [-0.3, -0.25) is 14.7 Å². The number of nitrogens with zero attached hydrogens (tertiary/aromatic N) is 2. The summed E-state index contributed by atoms with van der Waals surface area (Å²) in [5.74, 6) is 0.609. The zero-order chi connectivity index (χ0) is 22.0. The number of hydrogen-bond donors (Lipinski definition) is 1. The van der Waals surface area contributed by atoms with E-state index in [-0.39, 0.29) is 5.91 Å². The van der Waals surface area contributed by atoms with Crippen molar-refractivity contribution in [3.63, 3.8) is 0 Å². The summed E-state index contributed by atoms with van der Waals surface area (Å²) in [6, 6.07) is 19.5. The highest BCUT2D eigenvalue weighted by atomic mass is 16.5. The van der Waals surface area contributed by atoms with Crippen LogP contribution in [0.3, 0.4) is 0 Å². The van der Waals surface area contributed by atoms with E-state index in [0.29, 0.717) is 6.61 Å². The van der Waals surface area contributed by atoms with Crippen LogP contribution in [0.15, 0.2) is 79.1 Å². The summed E-state index contributed by atoms with van der Waals surface area (Å²) in [6.07, 6.45) is 6.86. The largest absolute Gasteiger partial charge is 0.489 e. The summed E-state index contributed by atoms with van der Waals surface area (Å²) in [4.78, 5) is 18.8. The van der Waals surface area contributed by atoms with Crippen molar-refractivity contribution < 1.29 is 14.3 Å². The number of rotatable bonds is 8. The first kappa shape index (κ1) is 21.7. The van der Waals surface area contributed by atoms with Gasteiger partial charge in [0.25, 0.3) is 0 Å². The van der Waals surface area contributed by atoms with Gasteiger partial charge in [-0.15, -0.1) is 0 Å². The lowest BCUT2D eigenvalue weighted by atomic mass is 10.1. The van der Waals surface area contributed by atoms with Crippen LogP contribution >= 0.6 is 0 Å². The number of amides is 1. The topological polar surface area (TPSA) is 63.7 Å². The van der Waals surface area contributed by atoms with Gasteiger partial charge in [0.05, 0.1) is 13.2 Å². The van der Waals surface area contributed by atoms with Crippen molar-refractivity contribution in [1.29, 1.82) is 0 Å². The predicted octanol–water partition coefficient (Wildman–Crippen LogP) is 4.14. The second-order valence-corrected chi connectivity index (χ2v) is 7.63. The molecule has 1 amide bonds. The van der Waals surface area contributed by atoms with Gasteiger partial charge in [0.15, 0.2) is 0 Å². The lowest BCUT2D eigenvalue weighted by molar-refractivity contribution is -0.111. The molecule has 1 fully saturated rings. The monoisotopic (exact) mass is 429 g/mol. The maximum atomic E-state index is 12.4. The van der Waals surface area contributed by atoms with Gasteiger partial charge >= 0.3 is 0 Å². The fourth-order valence-corrected chi connectivity index (χ4v) is 3.45. The van der Waals surface area contributed by atoms with E-state index in [1.807, 2.05) is 54.6 Å². The Morgan fingerprint density at radius 3 is 2.66 bits per heavy atom. The van der Waals surface area contributed by atoms with Gasteiger partial charge in [0.2, 0.25) is 5.91 Å². The van der Waals surface area contributed by atoms with Gasteiger partial charge in [-0.05, 0) is 47.5 Å². The summed E-state index contributed by atoms with van der Waals surface area (Å²) in [5, 5.41) is 2.94. The van der Waals surface area contributed by atoms with Crippen molar-refractivity contribution >= 4 is 17.7 Å². The molecular formula is C26H27N3O3. The van der Waals surface area contributed by atoms with Crippen LogP contribution in [0.4, 0.5) is 5.69 Å². The standard InChI is InChI=1S/C26H27N3O3/c30-26(28-24-5-1-3-22(17-24)19-29-13-15-31-16-14-29)11-8-21-6-9-25(10-7-21)32-20-23-4-2-12-27-18-23/h1-12,17-18H,13-16,19-20H2,(H,28,30)/b11-8+. The average molecular weight is 430 g/mol. The highest BCUT2D eigenvalue weighted by Gasteiger charge is 2.11. The summed E-state index contributed by atoms with van der Waals surface area (Å²) in [7, 11) is 0. The van der Waals surface area contributed by atoms with Gasteiger partial charge in [0, 0.05) is 49.4 Å². The number of pyridine rings is 1. The van der Waals surface area contributed by atoms with E-state index in [0.717, 1.165) is 55.4 Å². The Bertz CT molecular complexity index is 1030. The van der Waals surface area contributed by atoms with Crippen molar-refractivity contribution in [2.75, 3.05) is 31.6 Å². The lowest BCUT2D eigenvalue weighted by Gasteiger charge is -2.26. The summed E-state index contributed by atoms with van der Waals surface area (Å²) in [6.45, 7) is 4.76. The minimum Gasteiger partial charge on any atom is -0.489 e. The minimum atomic E-state index is -0.162. The van der Waals surface area contributed by atoms with Gasteiger partial charge in [-0.25, -0.2) is 0 Å². The maximum Gasteiger partial charge on any atom is 0.248 e. The molecule has 0 bridgehead atoms. The fourth-order valence-electron chi connectivity index (χ4n) is 3.45. The molecule has 1 aliphatic rings. The molecule has 1 aliphatic heterocycles. The molecule has 4 rings (SSSR count). The average Bonchev–Trinajstić information content (AvgIpc) is 2.84. The smallest absolute Gasteiger partial charge is 0.248 e. The Hall–Kier alpha value is -3.48. The number of morpholine rings is 1. The third-order valence-electron chi connectivity index (χ3n) is 5.14. The SMILES string of the molecule is O=C(/C=C/c1ccc(OCc2cccnc2)cc1)Nc1cccc(CN2CCOCC2)c1. The third kappa shape index (κ3) is 6.77. The van der Waals surface area contributed by atoms with Gasteiger partial charge in [-0.1, -0.05) is 30.3 Å². The van der Waals surface area contributed by atoms with Crippen molar-refractivity contribution in [3.8, 4) is 5.75 Å². The van der Waals surface area contributed by atoms with E-state index < -0.39 is 0 Å². The van der Waals surface area contributed by atoms with Crippen molar-refractivity contribution in [1.82, 2.24) is 9.88 Å². The number of carbonyl (C=O) groups is 1. The van der Waals surface area contributed by atoms with E-state index in [1.54, 1.807) is 24.5 Å². The summed E-state index contributed by atoms with van der Waals surface area (Å²) >= 11 is 0. The number of hydrogen-bond acceptors (Lipinski definition) is 5. The highest BCUT2D eigenvalue weighted by Crippen LogP contribution is 2.16. The van der Waals surface area contributed by atoms with E-state index in [2.05, 4.69) is 21.3 Å². The Labute approximate surface area is 188 Å². The Morgan fingerprint density at radius 1 is 1.06 bits per heavy atom. The van der Waals surface area contributed by atoms with Crippen LogP contribution in [0.2, 0.25) is 0 Å². The van der Waals surface area contributed by atoms with E-state index >= 15 is 0 Å². The van der Waals surface area contributed by atoms with Gasteiger partial charge in [-0.2, -0.15) is 0 Å². The molecule has 2 aromatic carbocycles. The van der Waals surface area contributed by atoms with E-state index in [4.69, 9.17) is 9.47 Å². The predicted molar refractivity (Wildman–Crippen MR) is 125 cm³/mol. The quantitative estimate of drug-likeness (QED) is 0.545. The summed E-state index contributed by atoms with van der Waals surface area (Å²) < 4.78 is 11.2. The van der Waals surface area contributed by atoms with Crippen LogP contribution < -0.4 is 10.1 Å². The molecule has 0 aliphatic carbocycles. The molecule has 0 saturated carbocycles. The molecular weight excluding hydrogens is 402 g/mol. The number of carbonyl (C=O) groups excluding carboxylic acids is 1. The van der Waals surface area contributed by atoms with Crippen LogP contribution in [0.1, 0.15) is 16.7 Å². The molecule has 0 radical (unpaired) electrons. The normalized spacial score (nSPS) is 14.4. The molecule has 0 atom stereocenters. The van der Waals surface area contributed by atoms with E-state index in [1.165, 1.54) is 5.56 Å².